The lowest BCUT2D eigenvalue weighted by molar-refractivity contribution is -0.122. The number of carbonyl (C=O) groups excluding carboxylic acids is 2. The first kappa shape index (κ1) is 15.0. The van der Waals surface area contributed by atoms with Crippen molar-refractivity contribution in [3.05, 3.63) is 53.3 Å². The van der Waals surface area contributed by atoms with Gasteiger partial charge in [0.1, 0.15) is 11.6 Å². The lowest BCUT2D eigenvalue weighted by Gasteiger charge is -2.23. The summed E-state index contributed by atoms with van der Waals surface area (Å²) >= 11 is 0. The van der Waals surface area contributed by atoms with Gasteiger partial charge in [0.25, 0.3) is 11.8 Å². The Hall–Kier alpha value is -2.89. The summed E-state index contributed by atoms with van der Waals surface area (Å²) in [7, 11) is 0. The number of rotatable bonds is 2. The molecule has 2 amide bonds. The summed E-state index contributed by atoms with van der Waals surface area (Å²) in [4.78, 5) is 23.9. The van der Waals surface area contributed by atoms with Gasteiger partial charge in [-0.15, -0.1) is 0 Å². The van der Waals surface area contributed by atoms with Crippen LogP contribution in [0.5, 0.6) is 5.75 Å². The van der Waals surface area contributed by atoms with Crippen LogP contribution in [0.1, 0.15) is 22.8 Å². The van der Waals surface area contributed by atoms with E-state index in [1.54, 1.807) is 38.1 Å². The van der Waals surface area contributed by atoms with Crippen LogP contribution in [0, 0.1) is 12.7 Å². The molecule has 0 fully saturated rings. The fourth-order valence-corrected chi connectivity index (χ4v) is 2.32. The van der Waals surface area contributed by atoms with Crippen molar-refractivity contribution in [2.75, 3.05) is 10.6 Å². The summed E-state index contributed by atoms with van der Waals surface area (Å²) in [5, 5.41) is 5.40. The van der Waals surface area contributed by atoms with Gasteiger partial charge in [-0.2, -0.15) is 0 Å². The number of halogens is 1. The lowest BCUT2D eigenvalue weighted by Crippen LogP contribution is -2.34. The molecule has 0 aromatic heterocycles. The van der Waals surface area contributed by atoms with Crippen molar-refractivity contribution in [1.29, 1.82) is 0 Å². The van der Waals surface area contributed by atoms with Crippen LogP contribution in [-0.4, -0.2) is 17.9 Å². The van der Waals surface area contributed by atoms with Crippen LogP contribution in [-0.2, 0) is 4.79 Å². The van der Waals surface area contributed by atoms with E-state index in [1.165, 1.54) is 12.1 Å². The van der Waals surface area contributed by atoms with Crippen LogP contribution in [0.4, 0.5) is 15.8 Å². The third kappa shape index (κ3) is 3.01. The number of nitrogens with one attached hydrogen (secondary N) is 2. The van der Waals surface area contributed by atoms with Gasteiger partial charge in [0.15, 0.2) is 6.10 Å². The molecule has 1 unspecified atom stereocenters. The van der Waals surface area contributed by atoms with E-state index in [1.807, 2.05) is 0 Å². The Kier molecular flexibility index (Phi) is 3.73. The summed E-state index contributed by atoms with van der Waals surface area (Å²) in [6.07, 6.45) is -0.558. The first-order valence-electron chi connectivity index (χ1n) is 7.13. The van der Waals surface area contributed by atoms with Gasteiger partial charge in [0.2, 0.25) is 0 Å². The Bertz CT molecular complexity index is 804. The van der Waals surface area contributed by atoms with Gasteiger partial charge >= 0.3 is 0 Å². The van der Waals surface area contributed by atoms with Gasteiger partial charge in [-0.25, -0.2) is 4.39 Å². The number of anilines is 2. The largest absolute Gasteiger partial charge is 0.479 e. The second kappa shape index (κ2) is 5.72. The standard InChI is InChI=1S/C17H15FN2O3/c1-9-3-4-11(18)7-13(9)17(22)19-12-5-6-15-14(8-12)20-16(21)10(2)23-15/h3-8,10H,1-2H3,(H,19,22)(H,20,21). The molecule has 1 aliphatic rings. The van der Waals surface area contributed by atoms with Crippen molar-refractivity contribution >= 4 is 23.2 Å². The van der Waals surface area contributed by atoms with Crippen LogP contribution in [0.2, 0.25) is 0 Å². The smallest absolute Gasteiger partial charge is 0.265 e. The minimum atomic E-state index is -0.558. The van der Waals surface area contributed by atoms with Crippen LogP contribution in [0.25, 0.3) is 0 Å². The monoisotopic (exact) mass is 314 g/mol. The van der Waals surface area contributed by atoms with Crippen LogP contribution in [0.15, 0.2) is 36.4 Å². The highest BCUT2D eigenvalue weighted by Crippen LogP contribution is 2.32. The highest BCUT2D eigenvalue weighted by molar-refractivity contribution is 6.06. The highest BCUT2D eigenvalue weighted by atomic mass is 19.1. The van der Waals surface area contributed by atoms with Crippen molar-refractivity contribution in [2.45, 2.75) is 20.0 Å². The molecule has 2 aromatic carbocycles. The normalized spacial score (nSPS) is 16.1. The molecule has 118 valence electrons. The average Bonchev–Trinajstić information content (AvgIpc) is 2.51. The highest BCUT2D eigenvalue weighted by Gasteiger charge is 2.23. The molecule has 2 N–H and O–H groups in total. The first-order valence-corrected chi connectivity index (χ1v) is 7.13. The topological polar surface area (TPSA) is 67.4 Å². The predicted octanol–water partition coefficient (Wildman–Crippen LogP) is 3.11. The number of ether oxygens (including phenoxy) is 1. The molecule has 1 heterocycles. The van der Waals surface area contributed by atoms with E-state index < -0.39 is 17.8 Å². The fourth-order valence-electron chi connectivity index (χ4n) is 2.32. The Morgan fingerprint density at radius 3 is 2.83 bits per heavy atom. The number of carbonyl (C=O) groups is 2. The molecule has 0 radical (unpaired) electrons. The van der Waals surface area contributed by atoms with Crippen LogP contribution in [0.3, 0.4) is 0 Å². The van der Waals surface area contributed by atoms with Gasteiger partial charge in [-0.05, 0) is 49.7 Å². The lowest BCUT2D eigenvalue weighted by atomic mass is 10.1. The van der Waals surface area contributed by atoms with E-state index in [-0.39, 0.29) is 11.5 Å². The molecule has 3 rings (SSSR count). The quantitative estimate of drug-likeness (QED) is 0.895. The second-order valence-corrected chi connectivity index (χ2v) is 5.37. The molecule has 6 heteroatoms. The molecule has 0 spiro atoms. The Balaban J connectivity index is 1.84. The van der Waals surface area contributed by atoms with E-state index in [0.717, 1.165) is 0 Å². The summed E-state index contributed by atoms with van der Waals surface area (Å²) in [6, 6.07) is 8.97. The van der Waals surface area contributed by atoms with Crippen molar-refractivity contribution in [2.24, 2.45) is 0 Å². The number of hydrogen-bond donors (Lipinski definition) is 2. The molecule has 5 nitrogen and oxygen atoms in total. The molecule has 1 atom stereocenters. The maximum atomic E-state index is 13.3. The molecule has 0 saturated heterocycles. The Labute approximate surface area is 132 Å². The van der Waals surface area contributed by atoms with E-state index >= 15 is 0 Å². The number of benzene rings is 2. The van der Waals surface area contributed by atoms with E-state index in [0.29, 0.717) is 22.7 Å². The number of amides is 2. The third-order valence-corrected chi connectivity index (χ3v) is 3.61. The summed E-state index contributed by atoms with van der Waals surface area (Å²) in [6.45, 7) is 3.39. The minimum Gasteiger partial charge on any atom is -0.479 e. The SMILES string of the molecule is Cc1ccc(F)cc1C(=O)Nc1ccc2c(c1)NC(=O)C(C)O2. The zero-order valence-electron chi connectivity index (χ0n) is 12.6. The van der Waals surface area contributed by atoms with Crippen LogP contribution < -0.4 is 15.4 Å². The van der Waals surface area contributed by atoms with Gasteiger partial charge in [0.05, 0.1) is 5.69 Å². The third-order valence-electron chi connectivity index (χ3n) is 3.61. The summed E-state index contributed by atoms with van der Waals surface area (Å²) < 4.78 is 18.8. The summed E-state index contributed by atoms with van der Waals surface area (Å²) in [5.74, 6) is -0.599. The van der Waals surface area contributed by atoms with Crippen molar-refractivity contribution < 1.29 is 18.7 Å². The number of fused-ring (bicyclic) bond motifs is 1. The molecule has 0 bridgehead atoms. The second-order valence-electron chi connectivity index (χ2n) is 5.37. The average molecular weight is 314 g/mol. The van der Waals surface area contributed by atoms with Crippen molar-refractivity contribution in [3.8, 4) is 5.75 Å². The van der Waals surface area contributed by atoms with Gasteiger partial charge in [-0.1, -0.05) is 6.07 Å². The number of hydrogen-bond acceptors (Lipinski definition) is 3. The Morgan fingerprint density at radius 1 is 1.26 bits per heavy atom. The maximum Gasteiger partial charge on any atom is 0.265 e. The molecule has 0 aliphatic carbocycles. The van der Waals surface area contributed by atoms with Gasteiger partial charge in [0, 0.05) is 11.3 Å². The van der Waals surface area contributed by atoms with E-state index in [4.69, 9.17) is 4.74 Å². The molecule has 1 aliphatic heterocycles. The van der Waals surface area contributed by atoms with Crippen molar-refractivity contribution in [3.63, 3.8) is 0 Å². The summed E-state index contributed by atoms with van der Waals surface area (Å²) in [5.41, 5.74) is 1.90. The molecule has 23 heavy (non-hydrogen) atoms. The molecule has 0 saturated carbocycles. The Morgan fingerprint density at radius 2 is 2.04 bits per heavy atom. The fraction of sp³-hybridized carbons (Fsp3) is 0.176. The molecule has 2 aromatic rings. The zero-order valence-corrected chi connectivity index (χ0v) is 12.6. The predicted molar refractivity (Wildman–Crippen MR) is 84.3 cm³/mol. The van der Waals surface area contributed by atoms with E-state index in [2.05, 4.69) is 10.6 Å². The maximum absolute atomic E-state index is 13.3. The first-order chi connectivity index (χ1) is 10.9. The molecular formula is C17H15FN2O3. The molecular weight excluding hydrogens is 299 g/mol. The van der Waals surface area contributed by atoms with Gasteiger partial charge < -0.3 is 15.4 Å². The van der Waals surface area contributed by atoms with E-state index in [9.17, 15) is 14.0 Å². The van der Waals surface area contributed by atoms with Crippen LogP contribution >= 0.6 is 0 Å². The number of aryl methyl sites for hydroxylation is 1. The zero-order chi connectivity index (χ0) is 16.6. The minimum absolute atomic E-state index is 0.248. The van der Waals surface area contributed by atoms with Gasteiger partial charge in [-0.3, -0.25) is 9.59 Å². The van der Waals surface area contributed by atoms with Crippen molar-refractivity contribution in [1.82, 2.24) is 0 Å².